The van der Waals surface area contributed by atoms with Crippen molar-refractivity contribution >= 4 is 52.1 Å². The van der Waals surface area contributed by atoms with E-state index in [2.05, 4.69) is 38.4 Å². The molecule has 2 aromatic rings. The summed E-state index contributed by atoms with van der Waals surface area (Å²) in [5.74, 6) is -0.189. The van der Waals surface area contributed by atoms with E-state index >= 15 is 0 Å². The zero-order chi connectivity index (χ0) is 18.9. The lowest BCUT2D eigenvalue weighted by atomic mass is 10.1. The standard InChI is InChI=1S/C18H18IN3O3S/c1-2-20-18(26)22-21-10-13-5-8-16(15(19)9-13)25-11-12-3-6-14(7-4-12)17(23)24/h3-10H,2,11H2,1H3,(H,23,24)(H2,20,22,26)/b21-10-. The molecular weight excluding hydrogens is 465 g/mol. The number of hydrazone groups is 1. The van der Waals surface area contributed by atoms with Gasteiger partial charge in [0.05, 0.1) is 15.3 Å². The van der Waals surface area contributed by atoms with E-state index in [-0.39, 0.29) is 5.56 Å². The molecule has 0 aliphatic heterocycles. The Labute approximate surface area is 170 Å². The van der Waals surface area contributed by atoms with E-state index in [0.717, 1.165) is 27.0 Å². The van der Waals surface area contributed by atoms with Crippen molar-refractivity contribution in [3.63, 3.8) is 0 Å². The van der Waals surface area contributed by atoms with E-state index in [1.807, 2.05) is 25.1 Å². The van der Waals surface area contributed by atoms with Gasteiger partial charge in [0.2, 0.25) is 0 Å². The molecule has 8 heteroatoms. The monoisotopic (exact) mass is 483 g/mol. The number of aromatic carboxylic acids is 1. The van der Waals surface area contributed by atoms with Gasteiger partial charge in [-0.2, -0.15) is 5.10 Å². The molecule has 0 spiro atoms. The molecule has 0 radical (unpaired) electrons. The summed E-state index contributed by atoms with van der Waals surface area (Å²) < 4.78 is 6.75. The minimum Gasteiger partial charge on any atom is -0.488 e. The van der Waals surface area contributed by atoms with Crippen LogP contribution in [0.15, 0.2) is 47.6 Å². The highest BCUT2D eigenvalue weighted by atomic mass is 127. The molecule has 3 N–H and O–H groups in total. The van der Waals surface area contributed by atoms with Crippen LogP contribution in [-0.2, 0) is 6.61 Å². The third kappa shape index (κ3) is 6.26. The van der Waals surface area contributed by atoms with Crippen LogP contribution in [0, 0.1) is 3.57 Å². The number of carboxylic acids is 1. The van der Waals surface area contributed by atoms with E-state index in [0.29, 0.717) is 11.7 Å². The minimum atomic E-state index is -0.940. The van der Waals surface area contributed by atoms with Crippen molar-refractivity contribution in [2.75, 3.05) is 6.54 Å². The number of rotatable bonds is 7. The van der Waals surface area contributed by atoms with Crippen molar-refractivity contribution in [2.24, 2.45) is 5.10 Å². The van der Waals surface area contributed by atoms with Crippen molar-refractivity contribution in [2.45, 2.75) is 13.5 Å². The molecule has 0 saturated carbocycles. The number of hydrogen-bond acceptors (Lipinski definition) is 4. The SMILES string of the molecule is CCNC(=S)N/N=C\c1ccc(OCc2ccc(C(=O)O)cc2)c(I)c1. The fraction of sp³-hybridized carbons (Fsp3) is 0.167. The third-order valence-corrected chi connectivity index (χ3v) is 4.35. The molecular formula is C18H18IN3O3S. The highest BCUT2D eigenvalue weighted by Gasteiger charge is 2.05. The van der Waals surface area contributed by atoms with Gasteiger partial charge in [-0.3, -0.25) is 5.43 Å². The van der Waals surface area contributed by atoms with Gasteiger partial charge in [-0.1, -0.05) is 12.1 Å². The first-order valence-electron chi connectivity index (χ1n) is 7.81. The Morgan fingerprint density at radius 1 is 1.31 bits per heavy atom. The Balaban J connectivity index is 1.93. The van der Waals surface area contributed by atoms with E-state index in [1.165, 1.54) is 0 Å². The zero-order valence-corrected chi connectivity index (χ0v) is 17.0. The average Bonchev–Trinajstić information content (AvgIpc) is 2.61. The number of hydrogen-bond donors (Lipinski definition) is 3. The van der Waals surface area contributed by atoms with Gasteiger partial charge in [-0.05, 0) is 83.2 Å². The molecule has 6 nitrogen and oxygen atoms in total. The molecule has 0 fully saturated rings. The molecule has 0 amide bonds. The summed E-state index contributed by atoms with van der Waals surface area (Å²) >= 11 is 7.23. The second-order valence-corrected chi connectivity index (χ2v) is 6.78. The molecule has 0 heterocycles. The van der Waals surface area contributed by atoms with Crippen molar-refractivity contribution in [1.82, 2.24) is 10.7 Å². The largest absolute Gasteiger partial charge is 0.488 e. The lowest BCUT2D eigenvalue weighted by Crippen LogP contribution is -2.31. The first kappa shape index (κ1) is 20.1. The number of halogens is 1. The zero-order valence-electron chi connectivity index (χ0n) is 14.0. The normalized spacial score (nSPS) is 10.5. The van der Waals surface area contributed by atoms with Crippen molar-refractivity contribution in [3.8, 4) is 5.75 Å². The molecule has 0 aliphatic rings. The summed E-state index contributed by atoms with van der Waals surface area (Å²) in [6.45, 7) is 3.06. The van der Waals surface area contributed by atoms with Crippen LogP contribution in [0.5, 0.6) is 5.75 Å². The Bertz CT molecular complexity index is 810. The minimum absolute atomic E-state index is 0.259. The number of carboxylic acid groups (broad SMARTS) is 1. The van der Waals surface area contributed by atoms with Crippen molar-refractivity contribution in [3.05, 3.63) is 62.7 Å². The quantitative estimate of drug-likeness (QED) is 0.243. The summed E-state index contributed by atoms with van der Waals surface area (Å²) in [5.41, 5.74) is 4.81. The fourth-order valence-electron chi connectivity index (χ4n) is 1.98. The number of ether oxygens (including phenoxy) is 1. The summed E-state index contributed by atoms with van der Waals surface area (Å²) in [4.78, 5) is 10.9. The summed E-state index contributed by atoms with van der Waals surface area (Å²) in [6, 6.07) is 12.3. The first-order valence-corrected chi connectivity index (χ1v) is 9.29. The summed E-state index contributed by atoms with van der Waals surface area (Å²) in [7, 11) is 0. The average molecular weight is 483 g/mol. The van der Waals surface area contributed by atoms with E-state index < -0.39 is 5.97 Å². The van der Waals surface area contributed by atoms with E-state index in [9.17, 15) is 4.79 Å². The maximum Gasteiger partial charge on any atom is 0.335 e. The van der Waals surface area contributed by atoms with Gasteiger partial charge in [0.1, 0.15) is 12.4 Å². The third-order valence-electron chi connectivity index (χ3n) is 3.27. The van der Waals surface area contributed by atoms with Gasteiger partial charge in [-0.15, -0.1) is 0 Å². The molecule has 0 unspecified atom stereocenters. The van der Waals surface area contributed by atoms with Gasteiger partial charge in [-0.25, -0.2) is 4.79 Å². The molecule has 26 heavy (non-hydrogen) atoms. The van der Waals surface area contributed by atoms with Crippen molar-refractivity contribution in [1.29, 1.82) is 0 Å². The Hall–Kier alpha value is -2.20. The number of nitrogens with one attached hydrogen (secondary N) is 2. The van der Waals surface area contributed by atoms with Crippen LogP contribution in [-0.4, -0.2) is 28.9 Å². The molecule has 2 aromatic carbocycles. The maximum atomic E-state index is 10.9. The van der Waals surface area contributed by atoms with E-state index in [4.69, 9.17) is 22.1 Å². The van der Waals surface area contributed by atoms with Crippen LogP contribution in [0.4, 0.5) is 0 Å². The second kappa shape index (κ2) is 10.1. The van der Waals surface area contributed by atoms with Gasteiger partial charge >= 0.3 is 5.97 Å². The van der Waals surface area contributed by atoms with Gasteiger partial charge in [0.25, 0.3) is 0 Å². The van der Waals surface area contributed by atoms with Crippen LogP contribution in [0.1, 0.15) is 28.4 Å². The molecule has 136 valence electrons. The Morgan fingerprint density at radius 2 is 2.04 bits per heavy atom. The lowest BCUT2D eigenvalue weighted by Gasteiger charge is -2.09. The Morgan fingerprint density at radius 3 is 2.65 bits per heavy atom. The topological polar surface area (TPSA) is 83.0 Å². The molecule has 0 bridgehead atoms. The van der Waals surface area contributed by atoms with Crippen LogP contribution < -0.4 is 15.5 Å². The Kier molecular flexibility index (Phi) is 7.79. The maximum absolute atomic E-state index is 10.9. The highest BCUT2D eigenvalue weighted by Crippen LogP contribution is 2.22. The number of benzene rings is 2. The molecule has 2 rings (SSSR count). The van der Waals surface area contributed by atoms with Crippen LogP contribution in [0.2, 0.25) is 0 Å². The highest BCUT2D eigenvalue weighted by molar-refractivity contribution is 14.1. The van der Waals surface area contributed by atoms with E-state index in [1.54, 1.807) is 30.5 Å². The number of nitrogens with zero attached hydrogens (tertiary/aromatic N) is 1. The van der Waals surface area contributed by atoms with Crippen molar-refractivity contribution < 1.29 is 14.6 Å². The second-order valence-electron chi connectivity index (χ2n) is 5.21. The summed E-state index contributed by atoms with van der Waals surface area (Å²) in [6.07, 6.45) is 1.68. The lowest BCUT2D eigenvalue weighted by molar-refractivity contribution is 0.0697. The molecule has 0 atom stereocenters. The van der Waals surface area contributed by atoms with Gasteiger partial charge in [0.15, 0.2) is 5.11 Å². The van der Waals surface area contributed by atoms with Gasteiger partial charge in [0, 0.05) is 6.54 Å². The molecule has 0 aliphatic carbocycles. The smallest absolute Gasteiger partial charge is 0.335 e. The molecule has 0 aromatic heterocycles. The fourth-order valence-corrected chi connectivity index (χ4v) is 2.88. The predicted octanol–water partition coefficient (Wildman–Crippen LogP) is 3.39. The van der Waals surface area contributed by atoms with Gasteiger partial charge < -0.3 is 15.2 Å². The van der Waals surface area contributed by atoms with Crippen LogP contribution in [0.25, 0.3) is 0 Å². The van der Waals surface area contributed by atoms with Crippen LogP contribution in [0.3, 0.4) is 0 Å². The summed E-state index contributed by atoms with van der Waals surface area (Å²) in [5, 5.41) is 16.4. The van der Waals surface area contributed by atoms with Crippen LogP contribution >= 0.6 is 34.8 Å². The molecule has 0 saturated heterocycles. The predicted molar refractivity (Wildman–Crippen MR) is 114 cm³/mol. The number of thiocarbonyl (C=S) groups is 1. The first-order chi connectivity index (χ1) is 12.5. The number of carbonyl (C=O) groups is 1.